The molecule has 0 saturated carbocycles. The summed E-state index contributed by atoms with van der Waals surface area (Å²) in [7, 11) is 0. The second-order valence-electron chi connectivity index (χ2n) is 4.06. The van der Waals surface area contributed by atoms with Crippen LogP contribution < -0.4 is 11.5 Å². The van der Waals surface area contributed by atoms with Crippen molar-refractivity contribution in [3.05, 3.63) is 0 Å². The van der Waals surface area contributed by atoms with Crippen LogP contribution in [0, 0.1) is 0 Å². The van der Waals surface area contributed by atoms with Crippen LogP contribution in [0.1, 0.15) is 33.1 Å². The molecule has 0 bridgehead atoms. The molecule has 1 rings (SSSR count). The summed E-state index contributed by atoms with van der Waals surface area (Å²) >= 11 is 0. The number of rotatable bonds is 4. The second-order valence-corrected chi connectivity index (χ2v) is 4.06. The first-order chi connectivity index (χ1) is 6.58. The van der Waals surface area contributed by atoms with E-state index in [0.717, 1.165) is 19.3 Å². The van der Waals surface area contributed by atoms with Crippen LogP contribution in [-0.2, 0) is 9.47 Å². The molecule has 0 aliphatic carbocycles. The maximum absolute atomic E-state index is 6.19. The summed E-state index contributed by atoms with van der Waals surface area (Å²) in [5.74, 6) is 0. The van der Waals surface area contributed by atoms with E-state index in [0.29, 0.717) is 19.8 Å². The Bertz CT molecular complexity index is 189. The van der Waals surface area contributed by atoms with Gasteiger partial charge in [-0.25, -0.2) is 0 Å². The molecule has 1 aliphatic heterocycles. The first kappa shape index (κ1) is 11.9. The molecule has 4 N–H and O–H groups in total. The Morgan fingerprint density at radius 2 is 1.93 bits per heavy atom. The molecule has 14 heavy (non-hydrogen) atoms. The van der Waals surface area contributed by atoms with E-state index in [9.17, 15) is 0 Å². The molecule has 0 aromatic heterocycles. The summed E-state index contributed by atoms with van der Waals surface area (Å²) in [6.45, 7) is 5.92. The molecule has 0 radical (unpaired) electrons. The molecule has 4 heteroatoms. The molecule has 84 valence electrons. The highest BCUT2D eigenvalue weighted by molar-refractivity contribution is 4.96. The molecule has 1 heterocycles. The van der Waals surface area contributed by atoms with E-state index in [-0.39, 0.29) is 5.60 Å². The van der Waals surface area contributed by atoms with Crippen molar-refractivity contribution in [1.82, 2.24) is 0 Å². The van der Waals surface area contributed by atoms with Crippen LogP contribution in [0.15, 0.2) is 0 Å². The topological polar surface area (TPSA) is 70.5 Å². The fraction of sp³-hybridized carbons (Fsp3) is 1.00. The van der Waals surface area contributed by atoms with Gasteiger partial charge in [0.2, 0.25) is 0 Å². The Morgan fingerprint density at radius 3 is 2.50 bits per heavy atom. The molecule has 0 aromatic rings. The Balaban J connectivity index is 2.69. The summed E-state index contributed by atoms with van der Waals surface area (Å²) < 4.78 is 11.4. The van der Waals surface area contributed by atoms with Crippen LogP contribution in [0.25, 0.3) is 0 Å². The van der Waals surface area contributed by atoms with Gasteiger partial charge in [-0.15, -0.1) is 0 Å². The fourth-order valence-electron chi connectivity index (χ4n) is 1.96. The molecule has 2 atom stereocenters. The standard InChI is InChI=1S/C10H22N2O2/c1-3-10(12)9(2,5-4-6-11)13-7-8-14-10/h3-8,11-12H2,1-2H3. The van der Waals surface area contributed by atoms with Crippen molar-refractivity contribution in [1.29, 1.82) is 0 Å². The number of hydrogen-bond acceptors (Lipinski definition) is 4. The zero-order valence-electron chi connectivity index (χ0n) is 9.21. The van der Waals surface area contributed by atoms with Crippen LogP contribution in [0.2, 0.25) is 0 Å². The average molecular weight is 202 g/mol. The lowest BCUT2D eigenvalue weighted by Crippen LogP contribution is -2.65. The largest absolute Gasteiger partial charge is 0.368 e. The number of ether oxygens (including phenoxy) is 2. The highest BCUT2D eigenvalue weighted by Gasteiger charge is 2.48. The smallest absolute Gasteiger partial charge is 0.145 e. The fourth-order valence-corrected chi connectivity index (χ4v) is 1.96. The summed E-state index contributed by atoms with van der Waals surface area (Å²) in [6, 6.07) is 0. The minimum Gasteiger partial charge on any atom is -0.368 e. The molecular formula is C10H22N2O2. The van der Waals surface area contributed by atoms with Crippen LogP contribution >= 0.6 is 0 Å². The Kier molecular flexibility index (Phi) is 3.89. The third kappa shape index (κ3) is 2.08. The SMILES string of the molecule is CCC1(N)OCCOC1(C)CCCN. The van der Waals surface area contributed by atoms with Gasteiger partial charge in [0.15, 0.2) is 0 Å². The van der Waals surface area contributed by atoms with E-state index in [2.05, 4.69) is 0 Å². The first-order valence-corrected chi connectivity index (χ1v) is 5.35. The molecule has 1 saturated heterocycles. The second kappa shape index (κ2) is 4.57. The maximum atomic E-state index is 6.19. The van der Waals surface area contributed by atoms with E-state index in [4.69, 9.17) is 20.9 Å². The Labute approximate surface area is 85.9 Å². The third-order valence-corrected chi connectivity index (χ3v) is 3.14. The van der Waals surface area contributed by atoms with Crippen molar-refractivity contribution < 1.29 is 9.47 Å². The van der Waals surface area contributed by atoms with Crippen LogP contribution in [0.3, 0.4) is 0 Å². The molecule has 0 amide bonds. The van der Waals surface area contributed by atoms with E-state index in [1.54, 1.807) is 0 Å². The molecular weight excluding hydrogens is 180 g/mol. The van der Waals surface area contributed by atoms with Gasteiger partial charge in [0, 0.05) is 0 Å². The van der Waals surface area contributed by atoms with Gasteiger partial charge in [0.05, 0.1) is 13.2 Å². The first-order valence-electron chi connectivity index (χ1n) is 5.35. The van der Waals surface area contributed by atoms with Crippen molar-refractivity contribution >= 4 is 0 Å². The van der Waals surface area contributed by atoms with Crippen LogP contribution in [0.4, 0.5) is 0 Å². The van der Waals surface area contributed by atoms with Gasteiger partial charge >= 0.3 is 0 Å². The van der Waals surface area contributed by atoms with E-state index < -0.39 is 5.72 Å². The van der Waals surface area contributed by atoms with Gasteiger partial charge in [-0.05, 0) is 32.7 Å². The molecule has 4 nitrogen and oxygen atoms in total. The van der Waals surface area contributed by atoms with E-state index in [1.165, 1.54) is 0 Å². The molecule has 1 fully saturated rings. The molecule has 2 unspecified atom stereocenters. The normalized spacial score (nSPS) is 38.6. The van der Waals surface area contributed by atoms with Gasteiger partial charge in [-0.2, -0.15) is 0 Å². The lowest BCUT2D eigenvalue weighted by atomic mass is 9.85. The van der Waals surface area contributed by atoms with Gasteiger partial charge in [0.1, 0.15) is 11.3 Å². The minimum atomic E-state index is -0.652. The van der Waals surface area contributed by atoms with Crippen molar-refractivity contribution in [2.45, 2.75) is 44.4 Å². The monoisotopic (exact) mass is 202 g/mol. The summed E-state index contributed by atoms with van der Waals surface area (Å²) in [4.78, 5) is 0. The number of hydrogen-bond donors (Lipinski definition) is 2. The van der Waals surface area contributed by atoms with Crippen LogP contribution in [0.5, 0.6) is 0 Å². The lowest BCUT2D eigenvalue weighted by Gasteiger charge is -2.48. The predicted molar refractivity (Wildman–Crippen MR) is 55.8 cm³/mol. The Morgan fingerprint density at radius 1 is 1.29 bits per heavy atom. The highest BCUT2D eigenvalue weighted by atomic mass is 16.6. The maximum Gasteiger partial charge on any atom is 0.145 e. The zero-order valence-corrected chi connectivity index (χ0v) is 9.21. The molecule has 1 aliphatic rings. The van der Waals surface area contributed by atoms with Crippen molar-refractivity contribution in [3.63, 3.8) is 0 Å². The van der Waals surface area contributed by atoms with Gasteiger partial charge in [-0.3, -0.25) is 0 Å². The number of nitrogens with two attached hydrogens (primary N) is 2. The van der Waals surface area contributed by atoms with E-state index in [1.807, 2.05) is 13.8 Å². The van der Waals surface area contributed by atoms with Crippen molar-refractivity contribution in [2.75, 3.05) is 19.8 Å². The summed E-state index contributed by atoms with van der Waals surface area (Å²) in [5.41, 5.74) is 10.6. The van der Waals surface area contributed by atoms with Crippen molar-refractivity contribution in [3.8, 4) is 0 Å². The summed E-state index contributed by atoms with van der Waals surface area (Å²) in [5, 5.41) is 0. The lowest BCUT2D eigenvalue weighted by molar-refractivity contribution is -0.255. The van der Waals surface area contributed by atoms with Gasteiger partial charge in [0.25, 0.3) is 0 Å². The molecule has 0 aromatic carbocycles. The van der Waals surface area contributed by atoms with Crippen molar-refractivity contribution in [2.24, 2.45) is 11.5 Å². The average Bonchev–Trinajstić information content (AvgIpc) is 2.20. The Hall–Kier alpha value is -0.160. The van der Waals surface area contributed by atoms with Gasteiger partial charge < -0.3 is 20.9 Å². The quantitative estimate of drug-likeness (QED) is 0.700. The highest BCUT2D eigenvalue weighted by Crippen LogP contribution is 2.35. The third-order valence-electron chi connectivity index (χ3n) is 3.14. The minimum absolute atomic E-state index is 0.390. The zero-order chi connectivity index (χ0) is 10.7. The predicted octanol–water partition coefficient (Wildman–Crippen LogP) is 0.596. The van der Waals surface area contributed by atoms with E-state index >= 15 is 0 Å². The molecule has 0 spiro atoms. The van der Waals surface area contributed by atoms with Crippen LogP contribution in [-0.4, -0.2) is 31.1 Å². The van der Waals surface area contributed by atoms with Gasteiger partial charge in [-0.1, -0.05) is 6.92 Å². The summed E-state index contributed by atoms with van der Waals surface area (Å²) in [6.07, 6.45) is 2.53.